The second kappa shape index (κ2) is 11.2. The van der Waals surface area contributed by atoms with E-state index in [0.29, 0.717) is 50.0 Å². The summed E-state index contributed by atoms with van der Waals surface area (Å²) in [4.78, 5) is 9.86. The maximum atomic E-state index is 13.9. The first kappa shape index (κ1) is 26.4. The third kappa shape index (κ3) is 6.37. The fourth-order valence-corrected chi connectivity index (χ4v) is 4.71. The van der Waals surface area contributed by atoms with Gasteiger partial charge in [-0.2, -0.15) is 8.78 Å². The molecule has 3 saturated heterocycles. The number of amidine groups is 1. The Balaban J connectivity index is 1.53. The fourth-order valence-electron chi connectivity index (χ4n) is 4.71. The second-order valence-corrected chi connectivity index (χ2v) is 9.28. The molecule has 3 aliphatic rings. The van der Waals surface area contributed by atoms with Crippen LogP contribution >= 0.6 is 0 Å². The summed E-state index contributed by atoms with van der Waals surface area (Å²) in [5, 5.41) is 11.9. The number of alkyl halides is 4. The van der Waals surface area contributed by atoms with Gasteiger partial charge in [0, 0.05) is 68.7 Å². The van der Waals surface area contributed by atoms with Gasteiger partial charge in [0.2, 0.25) is 0 Å². The van der Waals surface area contributed by atoms with Crippen LogP contribution in [-0.2, 0) is 4.74 Å². The fraction of sp³-hybridized carbons (Fsp3) is 0.652. The molecular weight excluding hydrogens is 482 g/mol. The molecule has 9 nitrogen and oxygen atoms in total. The predicted octanol–water partition coefficient (Wildman–Crippen LogP) is 2.27. The number of nitrogens with one attached hydrogen (secondary N) is 2. The Hall–Kier alpha value is -2.64. The van der Waals surface area contributed by atoms with Gasteiger partial charge in [-0.1, -0.05) is 6.92 Å². The molecule has 1 aromatic heterocycles. The smallest absolute Gasteiger partial charge is 0.387 e. The Morgan fingerprint density at radius 3 is 2.67 bits per heavy atom. The van der Waals surface area contributed by atoms with Gasteiger partial charge in [0.15, 0.2) is 11.6 Å². The highest BCUT2D eigenvalue weighted by atomic mass is 19.3. The third-order valence-electron chi connectivity index (χ3n) is 6.80. The van der Waals surface area contributed by atoms with Gasteiger partial charge < -0.3 is 25.4 Å². The Morgan fingerprint density at radius 2 is 2.06 bits per heavy atom. The lowest BCUT2D eigenvalue weighted by Crippen LogP contribution is -2.62. The molecule has 0 amide bonds. The number of nitrogen functional groups attached to an aromatic ring is 1. The molecule has 0 bridgehead atoms. The molecule has 1 unspecified atom stereocenters. The lowest BCUT2D eigenvalue weighted by atomic mass is 10.1. The topological polar surface area (TPSA) is 103 Å². The minimum atomic E-state index is -3.09. The largest absolute Gasteiger partial charge is 0.431 e. The van der Waals surface area contributed by atoms with E-state index in [0.717, 1.165) is 13.1 Å². The summed E-state index contributed by atoms with van der Waals surface area (Å²) in [6.07, 6.45) is 2.79. The third-order valence-corrected chi connectivity index (χ3v) is 6.80. The van der Waals surface area contributed by atoms with Crippen molar-refractivity contribution in [3.63, 3.8) is 0 Å². The van der Waals surface area contributed by atoms with Crippen LogP contribution < -0.4 is 15.8 Å². The molecule has 4 N–H and O–H groups in total. The Bertz CT molecular complexity index is 952. The number of nitrogens with two attached hydrogens (primary N) is 1. The highest BCUT2D eigenvalue weighted by molar-refractivity contribution is 5.97. The molecule has 0 aliphatic carbocycles. The number of halogens is 4. The number of pyridine rings is 1. The van der Waals surface area contributed by atoms with E-state index < -0.39 is 18.7 Å². The highest BCUT2D eigenvalue weighted by Crippen LogP contribution is 2.30. The second-order valence-electron chi connectivity index (χ2n) is 9.28. The molecule has 0 radical (unpaired) electrons. The number of nitrogens with zero attached hydrogens (tertiary/aromatic N) is 4. The van der Waals surface area contributed by atoms with E-state index in [-0.39, 0.29) is 36.9 Å². The van der Waals surface area contributed by atoms with Crippen molar-refractivity contribution in [2.75, 3.05) is 58.2 Å². The molecule has 1 aromatic rings. The molecule has 13 heteroatoms. The van der Waals surface area contributed by atoms with Gasteiger partial charge in [0.05, 0.1) is 25.9 Å². The van der Waals surface area contributed by atoms with Crippen LogP contribution in [0.2, 0.25) is 0 Å². The number of hydrogen-bond donors (Lipinski definition) is 3. The molecule has 3 aliphatic heterocycles. The van der Waals surface area contributed by atoms with Gasteiger partial charge >= 0.3 is 6.61 Å². The zero-order chi connectivity index (χ0) is 25.9. The molecule has 0 saturated carbocycles. The van der Waals surface area contributed by atoms with E-state index in [1.165, 1.54) is 12.3 Å². The van der Waals surface area contributed by atoms with Crippen LogP contribution in [-0.4, -0.2) is 103 Å². The Labute approximate surface area is 207 Å². The van der Waals surface area contributed by atoms with Crippen molar-refractivity contribution in [3.8, 4) is 5.75 Å². The molecule has 4 heterocycles. The summed E-state index contributed by atoms with van der Waals surface area (Å²) in [5.41, 5.74) is 6.45. The number of anilines is 1. The molecule has 200 valence electrons. The standard InChI is InChI=1S/C23H33F4N7O2/c1-2-20(33-4-3-23(26,27)14-33)31-17(15-9-18(36-22(24)25)21(29)30-11-15)10-19(28)34-12-16(13-34)32-5-7-35-8-6-32/h9-11,16,20,22,28,31H,2-8,12-14H2,1H3,(H2,29,30). The lowest BCUT2D eigenvalue weighted by Gasteiger charge is -2.47. The molecule has 0 spiro atoms. The monoisotopic (exact) mass is 515 g/mol. The lowest BCUT2D eigenvalue weighted by molar-refractivity contribution is -0.0495. The van der Waals surface area contributed by atoms with Crippen molar-refractivity contribution in [3.05, 3.63) is 23.9 Å². The number of rotatable bonds is 9. The van der Waals surface area contributed by atoms with Crippen LogP contribution in [0.3, 0.4) is 0 Å². The molecule has 36 heavy (non-hydrogen) atoms. The van der Waals surface area contributed by atoms with Gasteiger partial charge in [-0.05, 0) is 12.5 Å². The van der Waals surface area contributed by atoms with E-state index in [9.17, 15) is 17.6 Å². The average Bonchev–Trinajstić information content (AvgIpc) is 3.17. The summed E-state index contributed by atoms with van der Waals surface area (Å²) in [7, 11) is 0. The van der Waals surface area contributed by atoms with E-state index in [4.69, 9.17) is 15.9 Å². The number of aromatic nitrogens is 1. The van der Waals surface area contributed by atoms with Gasteiger partial charge in [-0.25, -0.2) is 13.8 Å². The van der Waals surface area contributed by atoms with Crippen LogP contribution in [0.15, 0.2) is 18.3 Å². The first-order valence-electron chi connectivity index (χ1n) is 12.1. The number of morpholine rings is 1. The number of ether oxygens (including phenoxy) is 2. The van der Waals surface area contributed by atoms with E-state index in [1.54, 1.807) is 11.0 Å². The van der Waals surface area contributed by atoms with E-state index >= 15 is 0 Å². The quantitative estimate of drug-likeness (QED) is 0.262. The van der Waals surface area contributed by atoms with Crippen molar-refractivity contribution in [2.24, 2.45) is 0 Å². The van der Waals surface area contributed by atoms with Crippen molar-refractivity contribution in [2.45, 2.75) is 44.5 Å². The Kier molecular flexibility index (Phi) is 8.20. The van der Waals surface area contributed by atoms with Gasteiger partial charge in [0.1, 0.15) is 5.84 Å². The predicted molar refractivity (Wildman–Crippen MR) is 127 cm³/mol. The number of hydrogen-bond acceptors (Lipinski definition) is 8. The first-order chi connectivity index (χ1) is 17.1. The van der Waals surface area contributed by atoms with E-state index in [2.05, 4.69) is 19.9 Å². The van der Waals surface area contributed by atoms with Crippen molar-refractivity contribution in [1.82, 2.24) is 25.0 Å². The van der Waals surface area contributed by atoms with Crippen LogP contribution in [0.4, 0.5) is 23.4 Å². The zero-order valence-corrected chi connectivity index (χ0v) is 20.2. The first-order valence-corrected chi connectivity index (χ1v) is 12.1. The van der Waals surface area contributed by atoms with E-state index in [1.807, 2.05) is 11.8 Å². The SMILES string of the molecule is CCC(NC(=CC(=N)N1CC(N2CCOCC2)C1)c1cnc(N)c(OC(F)F)c1)N1CCC(F)(F)C1. The molecule has 4 rings (SSSR count). The normalized spacial score (nSPS) is 22.5. The molecule has 3 fully saturated rings. The van der Waals surface area contributed by atoms with Gasteiger partial charge in [0.25, 0.3) is 5.92 Å². The maximum Gasteiger partial charge on any atom is 0.387 e. The minimum absolute atomic E-state index is 0.198. The molecular formula is C23H33F4N7O2. The van der Waals surface area contributed by atoms with Gasteiger partial charge in [-0.3, -0.25) is 15.2 Å². The van der Waals surface area contributed by atoms with Crippen LogP contribution in [0.5, 0.6) is 5.75 Å². The zero-order valence-electron chi connectivity index (χ0n) is 20.2. The van der Waals surface area contributed by atoms with Crippen molar-refractivity contribution in [1.29, 1.82) is 5.41 Å². The molecule has 0 aromatic carbocycles. The minimum Gasteiger partial charge on any atom is -0.431 e. The van der Waals surface area contributed by atoms with Crippen molar-refractivity contribution >= 4 is 17.4 Å². The van der Waals surface area contributed by atoms with Crippen molar-refractivity contribution < 1.29 is 27.0 Å². The Morgan fingerprint density at radius 1 is 1.33 bits per heavy atom. The molecule has 1 atom stereocenters. The summed E-state index contributed by atoms with van der Waals surface area (Å²) < 4.78 is 63.4. The number of likely N-dealkylation sites (tertiary alicyclic amines) is 2. The van der Waals surface area contributed by atoms with Crippen LogP contribution in [0.25, 0.3) is 5.70 Å². The summed E-state index contributed by atoms with van der Waals surface area (Å²) in [6, 6.07) is 1.65. The van der Waals surface area contributed by atoms with Crippen LogP contribution in [0, 0.1) is 5.41 Å². The summed E-state index contributed by atoms with van der Waals surface area (Å²) in [6.45, 7) is 3.09. The van der Waals surface area contributed by atoms with Gasteiger partial charge in [-0.15, -0.1) is 0 Å². The summed E-state index contributed by atoms with van der Waals surface area (Å²) in [5.74, 6) is -3.04. The summed E-state index contributed by atoms with van der Waals surface area (Å²) >= 11 is 0. The average molecular weight is 516 g/mol. The van der Waals surface area contributed by atoms with Crippen LogP contribution in [0.1, 0.15) is 25.3 Å². The maximum absolute atomic E-state index is 13.9. The highest BCUT2D eigenvalue weighted by Gasteiger charge is 2.41.